The van der Waals surface area contributed by atoms with Gasteiger partial charge in [-0.2, -0.15) is 0 Å². The summed E-state index contributed by atoms with van der Waals surface area (Å²) in [6.07, 6.45) is 4.14. The number of fused-ring (bicyclic) bond motifs is 1. The molecule has 0 atom stereocenters. The molecule has 84 valence electrons. The van der Waals surface area contributed by atoms with E-state index < -0.39 is 0 Å². The lowest BCUT2D eigenvalue weighted by atomic mass is 10.1. The molecule has 4 nitrogen and oxygen atoms in total. The van der Waals surface area contributed by atoms with Crippen molar-refractivity contribution in [2.45, 2.75) is 18.9 Å². The first-order chi connectivity index (χ1) is 7.93. The van der Waals surface area contributed by atoms with E-state index in [-0.39, 0.29) is 0 Å². The summed E-state index contributed by atoms with van der Waals surface area (Å²) in [4.78, 5) is 0. The minimum Gasteiger partial charge on any atom is -0.489 e. The van der Waals surface area contributed by atoms with E-state index in [2.05, 4.69) is 10.5 Å². The average molecular weight is 218 g/mol. The fourth-order valence-corrected chi connectivity index (χ4v) is 2.06. The fraction of sp³-hybridized carbons (Fsp3) is 0.417. The second-order valence-corrected chi connectivity index (χ2v) is 4.06. The van der Waals surface area contributed by atoms with Crippen molar-refractivity contribution in [1.82, 2.24) is 10.5 Å². The molecule has 0 amide bonds. The highest BCUT2D eigenvalue weighted by Gasteiger charge is 2.16. The summed E-state index contributed by atoms with van der Waals surface area (Å²) in [5.74, 6) is 0.880. The van der Waals surface area contributed by atoms with Crippen LogP contribution in [0, 0.1) is 0 Å². The molecule has 16 heavy (non-hydrogen) atoms. The molecule has 0 aliphatic carbocycles. The van der Waals surface area contributed by atoms with Crippen LogP contribution in [0.5, 0.6) is 5.75 Å². The Morgan fingerprint density at radius 1 is 1.31 bits per heavy atom. The molecule has 1 aromatic carbocycles. The molecule has 0 radical (unpaired) electrons. The molecule has 0 spiro atoms. The molecular formula is C12H14N2O2. The van der Waals surface area contributed by atoms with Crippen LogP contribution in [0.1, 0.15) is 12.8 Å². The van der Waals surface area contributed by atoms with Crippen LogP contribution in [0.3, 0.4) is 0 Å². The van der Waals surface area contributed by atoms with E-state index in [1.165, 1.54) is 0 Å². The van der Waals surface area contributed by atoms with Crippen molar-refractivity contribution in [3.63, 3.8) is 0 Å². The first kappa shape index (κ1) is 9.66. The number of hydrogen-bond acceptors (Lipinski definition) is 4. The van der Waals surface area contributed by atoms with Crippen LogP contribution < -0.4 is 10.1 Å². The van der Waals surface area contributed by atoms with Gasteiger partial charge in [0.15, 0.2) is 5.58 Å². The Kier molecular flexibility index (Phi) is 2.50. The van der Waals surface area contributed by atoms with Gasteiger partial charge in [-0.25, -0.2) is 0 Å². The third-order valence-corrected chi connectivity index (χ3v) is 2.94. The molecule has 1 aliphatic heterocycles. The minimum atomic E-state index is 0.307. The minimum absolute atomic E-state index is 0.307. The third-order valence-electron chi connectivity index (χ3n) is 2.94. The maximum atomic E-state index is 5.99. The second-order valence-electron chi connectivity index (χ2n) is 4.06. The Morgan fingerprint density at radius 3 is 3.06 bits per heavy atom. The van der Waals surface area contributed by atoms with Gasteiger partial charge in [-0.05, 0) is 38.1 Å². The molecule has 3 rings (SSSR count). The predicted molar refractivity (Wildman–Crippen MR) is 60.5 cm³/mol. The van der Waals surface area contributed by atoms with Gasteiger partial charge in [-0.1, -0.05) is 11.2 Å². The van der Waals surface area contributed by atoms with Gasteiger partial charge >= 0.3 is 0 Å². The van der Waals surface area contributed by atoms with E-state index in [9.17, 15) is 0 Å². The van der Waals surface area contributed by atoms with Crippen molar-refractivity contribution in [3.8, 4) is 5.75 Å². The Hall–Kier alpha value is -1.55. The van der Waals surface area contributed by atoms with Crippen molar-refractivity contribution < 1.29 is 9.26 Å². The SMILES string of the molecule is c1cc(OC2CCNCC2)c2cnoc2c1. The van der Waals surface area contributed by atoms with Crippen LogP contribution in [-0.2, 0) is 0 Å². The molecule has 1 aromatic heterocycles. The van der Waals surface area contributed by atoms with E-state index in [0.29, 0.717) is 6.10 Å². The number of ether oxygens (including phenoxy) is 1. The third kappa shape index (κ3) is 1.76. The Morgan fingerprint density at radius 2 is 2.19 bits per heavy atom. The van der Waals surface area contributed by atoms with Crippen LogP contribution in [0.15, 0.2) is 28.9 Å². The van der Waals surface area contributed by atoms with Gasteiger partial charge in [-0.15, -0.1) is 0 Å². The summed E-state index contributed by atoms with van der Waals surface area (Å²) < 4.78 is 11.1. The van der Waals surface area contributed by atoms with Gasteiger partial charge in [0, 0.05) is 0 Å². The molecule has 0 unspecified atom stereocenters. The summed E-state index contributed by atoms with van der Waals surface area (Å²) in [6.45, 7) is 2.06. The van der Waals surface area contributed by atoms with Gasteiger partial charge in [0.05, 0.1) is 11.6 Å². The van der Waals surface area contributed by atoms with Gasteiger partial charge in [0.1, 0.15) is 11.9 Å². The molecule has 2 aromatic rings. The molecule has 1 saturated heterocycles. The van der Waals surface area contributed by atoms with Gasteiger partial charge in [0.25, 0.3) is 0 Å². The highest BCUT2D eigenvalue weighted by atomic mass is 16.5. The summed E-state index contributed by atoms with van der Waals surface area (Å²) in [5.41, 5.74) is 0.784. The fourth-order valence-electron chi connectivity index (χ4n) is 2.06. The molecule has 1 aliphatic rings. The number of benzene rings is 1. The lowest BCUT2D eigenvalue weighted by Crippen LogP contribution is -2.34. The summed E-state index contributed by atoms with van der Waals surface area (Å²) in [6, 6.07) is 5.81. The standard InChI is InChI=1S/C12H14N2O2/c1-2-11(10-8-14-16-12(10)3-1)15-9-4-6-13-7-5-9/h1-3,8-9,13H,4-7H2. The number of hydrogen-bond donors (Lipinski definition) is 1. The van der Waals surface area contributed by atoms with Crippen molar-refractivity contribution in [2.75, 3.05) is 13.1 Å². The van der Waals surface area contributed by atoms with E-state index in [0.717, 1.165) is 42.6 Å². The predicted octanol–water partition coefficient (Wildman–Crippen LogP) is 1.96. The van der Waals surface area contributed by atoms with Crippen molar-refractivity contribution in [2.24, 2.45) is 0 Å². The molecule has 1 fully saturated rings. The van der Waals surface area contributed by atoms with E-state index in [1.54, 1.807) is 6.20 Å². The number of rotatable bonds is 2. The number of nitrogens with zero attached hydrogens (tertiary/aromatic N) is 1. The zero-order valence-corrected chi connectivity index (χ0v) is 8.98. The van der Waals surface area contributed by atoms with Gasteiger partial charge < -0.3 is 14.6 Å². The second kappa shape index (κ2) is 4.14. The maximum Gasteiger partial charge on any atom is 0.170 e. The molecule has 2 heterocycles. The molecule has 0 saturated carbocycles. The largest absolute Gasteiger partial charge is 0.489 e. The van der Waals surface area contributed by atoms with Crippen LogP contribution in [0.25, 0.3) is 11.0 Å². The normalized spacial score (nSPS) is 17.8. The molecule has 1 N–H and O–H groups in total. The Bertz CT molecular complexity index is 475. The number of piperidine rings is 1. The van der Waals surface area contributed by atoms with Crippen LogP contribution in [0.2, 0.25) is 0 Å². The average Bonchev–Trinajstić information content (AvgIpc) is 2.80. The number of aromatic nitrogens is 1. The van der Waals surface area contributed by atoms with E-state index >= 15 is 0 Å². The maximum absolute atomic E-state index is 5.99. The van der Waals surface area contributed by atoms with Crippen molar-refractivity contribution in [1.29, 1.82) is 0 Å². The summed E-state index contributed by atoms with van der Waals surface area (Å²) in [5, 5.41) is 8.07. The van der Waals surface area contributed by atoms with Crippen LogP contribution in [-0.4, -0.2) is 24.4 Å². The topological polar surface area (TPSA) is 47.3 Å². The van der Waals surface area contributed by atoms with E-state index in [1.807, 2.05) is 18.2 Å². The summed E-state index contributed by atoms with van der Waals surface area (Å²) >= 11 is 0. The zero-order valence-electron chi connectivity index (χ0n) is 8.98. The first-order valence-electron chi connectivity index (χ1n) is 5.64. The van der Waals surface area contributed by atoms with Crippen LogP contribution >= 0.6 is 0 Å². The van der Waals surface area contributed by atoms with Gasteiger partial charge in [0.2, 0.25) is 0 Å². The number of nitrogens with one attached hydrogen (secondary N) is 1. The van der Waals surface area contributed by atoms with Crippen molar-refractivity contribution in [3.05, 3.63) is 24.4 Å². The quantitative estimate of drug-likeness (QED) is 0.837. The molecule has 0 bridgehead atoms. The lowest BCUT2D eigenvalue weighted by molar-refractivity contribution is 0.164. The van der Waals surface area contributed by atoms with Gasteiger partial charge in [-0.3, -0.25) is 0 Å². The highest BCUT2D eigenvalue weighted by molar-refractivity contribution is 5.82. The smallest absolute Gasteiger partial charge is 0.170 e. The first-order valence-corrected chi connectivity index (χ1v) is 5.64. The lowest BCUT2D eigenvalue weighted by Gasteiger charge is -2.23. The summed E-state index contributed by atoms with van der Waals surface area (Å²) in [7, 11) is 0. The molecule has 4 heteroatoms. The monoisotopic (exact) mass is 218 g/mol. The Labute approximate surface area is 93.6 Å². The molecular weight excluding hydrogens is 204 g/mol. The van der Waals surface area contributed by atoms with Crippen molar-refractivity contribution >= 4 is 11.0 Å². The van der Waals surface area contributed by atoms with E-state index in [4.69, 9.17) is 9.26 Å². The van der Waals surface area contributed by atoms with Crippen LogP contribution in [0.4, 0.5) is 0 Å². The Balaban J connectivity index is 1.85. The zero-order chi connectivity index (χ0) is 10.8. The highest BCUT2D eigenvalue weighted by Crippen LogP contribution is 2.27.